The summed E-state index contributed by atoms with van der Waals surface area (Å²) >= 11 is 2.53. The van der Waals surface area contributed by atoms with Gasteiger partial charge in [-0.2, -0.15) is 0 Å². The van der Waals surface area contributed by atoms with Crippen molar-refractivity contribution in [3.05, 3.63) is 29.6 Å². The first-order valence-electron chi connectivity index (χ1n) is 9.09. The topological polar surface area (TPSA) is 45.2 Å². The molecule has 0 unspecified atom stereocenters. The minimum atomic E-state index is 0.146. The zero-order valence-corrected chi connectivity index (χ0v) is 19.2. The third-order valence-electron chi connectivity index (χ3n) is 3.25. The molecule has 0 atom stereocenters. The first-order valence-corrected chi connectivity index (χ1v) is 9.49. The Balaban J connectivity index is -0.000000218. The maximum atomic E-state index is 6.69. The molecule has 0 aromatic carbocycles. The van der Waals surface area contributed by atoms with Gasteiger partial charge < -0.3 is 9.87 Å². The summed E-state index contributed by atoms with van der Waals surface area (Å²) in [5.41, 5.74) is 2.68. The molecule has 1 aromatic rings. The SMILES string of the molecule is CC.CC.CC.CNC(C)(C)CC(C)(C)c1ccc(C)nc1.OS. The molecule has 0 aliphatic heterocycles. The molecule has 146 valence electrons. The number of hydrogen-bond acceptors (Lipinski definition) is 4. The molecule has 3 nitrogen and oxygen atoms in total. The fourth-order valence-electron chi connectivity index (χ4n) is 2.16. The van der Waals surface area contributed by atoms with Gasteiger partial charge in [0, 0.05) is 17.4 Å². The van der Waals surface area contributed by atoms with Gasteiger partial charge in [0.15, 0.2) is 0 Å². The number of aryl methyl sites for hydroxylation is 1. The van der Waals surface area contributed by atoms with E-state index in [4.69, 9.17) is 4.55 Å². The van der Waals surface area contributed by atoms with Crippen LogP contribution in [0.25, 0.3) is 0 Å². The van der Waals surface area contributed by atoms with E-state index in [1.54, 1.807) is 0 Å². The van der Waals surface area contributed by atoms with Crippen LogP contribution in [0.4, 0.5) is 0 Å². The highest BCUT2D eigenvalue weighted by atomic mass is 32.1. The fraction of sp³-hybridized carbons (Fsp3) is 0.750. The monoisotopic (exact) mass is 360 g/mol. The van der Waals surface area contributed by atoms with Gasteiger partial charge in [-0.25, -0.2) is 0 Å². The van der Waals surface area contributed by atoms with E-state index in [0.29, 0.717) is 0 Å². The summed E-state index contributed by atoms with van der Waals surface area (Å²) in [4.78, 5) is 4.38. The molecule has 0 spiro atoms. The van der Waals surface area contributed by atoms with Gasteiger partial charge in [0.25, 0.3) is 0 Å². The highest BCUT2D eigenvalue weighted by Gasteiger charge is 2.29. The molecule has 2 N–H and O–H groups in total. The summed E-state index contributed by atoms with van der Waals surface area (Å²) in [5, 5.41) is 3.36. The Kier molecular flexibility index (Phi) is 24.4. The van der Waals surface area contributed by atoms with Gasteiger partial charge in [-0.15, -0.1) is 0 Å². The van der Waals surface area contributed by atoms with Crippen LogP contribution in [0, 0.1) is 6.92 Å². The van der Waals surface area contributed by atoms with E-state index in [9.17, 15) is 0 Å². The zero-order chi connectivity index (χ0) is 20.4. The van der Waals surface area contributed by atoms with Crippen molar-refractivity contribution in [2.45, 2.75) is 93.5 Å². The van der Waals surface area contributed by atoms with Gasteiger partial charge >= 0.3 is 0 Å². The molecule has 0 fully saturated rings. The molecular formula is C20H44N2OS. The fourth-order valence-corrected chi connectivity index (χ4v) is 2.16. The highest BCUT2D eigenvalue weighted by molar-refractivity contribution is 7.74. The number of nitrogens with zero attached hydrogens (tertiary/aromatic N) is 1. The van der Waals surface area contributed by atoms with Gasteiger partial charge in [0.05, 0.1) is 0 Å². The van der Waals surface area contributed by atoms with Gasteiger partial charge in [-0.3, -0.25) is 4.98 Å². The van der Waals surface area contributed by atoms with Crippen LogP contribution < -0.4 is 5.32 Å². The Morgan fingerprint density at radius 3 is 1.67 bits per heavy atom. The summed E-state index contributed by atoms with van der Waals surface area (Å²) in [7, 11) is 2.02. The molecule has 1 aromatic heterocycles. The van der Waals surface area contributed by atoms with Crippen molar-refractivity contribution < 1.29 is 4.55 Å². The summed E-state index contributed by atoms with van der Waals surface area (Å²) < 4.78 is 6.69. The lowest BCUT2D eigenvalue weighted by Gasteiger charge is -2.35. The van der Waals surface area contributed by atoms with E-state index in [1.807, 2.05) is 61.7 Å². The van der Waals surface area contributed by atoms with Crippen LogP contribution in [0.15, 0.2) is 18.3 Å². The average Bonchev–Trinajstić information content (AvgIpc) is 2.61. The van der Waals surface area contributed by atoms with Crippen LogP contribution in [-0.4, -0.2) is 22.1 Å². The lowest BCUT2D eigenvalue weighted by atomic mass is 9.75. The number of pyridine rings is 1. The smallest absolute Gasteiger partial charge is 0.0372 e. The standard InChI is InChI=1S/C14H24N2.3C2H6.H2OS/c1-11-7-8-12(9-16-11)13(2,3)10-14(4,5)15-6;4*1-2/h7-9,15H,10H2,1-6H3;3*1-2H3;1-2H. The van der Waals surface area contributed by atoms with Crippen molar-refractivity contribution in [1.82, 2.24) is 10.3 Å². The Labute approximate surface area is 158 Å². The van der Waals surface area contributed by atoms with E-state index in [1.165, 1.54) is 5.56 Å². The second kappa shape index (κ2) is 18.8. The molecule has 0 aliphatic rings. The zero-order valence-electron chi connectivity index (χ0n) is 18.3. The van der Waals surface area contributed by atoms with Crippen LogP contribution >= 0.6 is 12.9 Å². The normalized spacial score (nSPS) is 9.58. The van der Waals surface area contributed by atoms with Gasteiger partial charge in [0.2, 0.25) is 0 Å². The Morgan fingerprint density at radius 2 is 1.38 bits per heavy atom. The third kappa shape index (κ3) is 15.0. The summed E-state index contributed by atoms with van der Waals surface area (Å²) in [6.45, 7) is 23.0. The molecule has 0 bridgehead atoms. The molecule has 0 saturated heterocycles. The lowest BCUT2D eigenvalue weighted by Crippen LogP contribution is -2.41. The first-order chi connectivity index (χ1) is 11.3. The van der Waals surface area contributed by atoms with Gasteiger partial charge in [0.1, 0.15) is 0 Å². The minimum Gasteiger partial charge on any atom is -0.333 e. The number of thiol groups is 1. The van der Waals surface area contributed by atoms with E-state index in [-0.39, 0.29) is 11.0 Å². The molecule has 1 heterocycles. The largest absolute Gasteiger partial charge is 0.333 e. The molecule has 4 heteroatoms. The molecule has 24 heavy (non-hydrogen) atoms. The van der Waals surface area contributed by atoms with Crippen LogP contribution in [0.3, 0.4) is 0 Å². The first kappa shape index (κ1) is 31.2. The Hall–Kier alpha value is -0.580. The van der Waals surface area contributed by atoms with E-state index in [0.717, 1.165) is 12.1 Å². The van der Waals surface area contributed by atoms with Crippen LogP contribution in [0.5, 0.6) is 0 Å². The summed E-state index contributed by atoms with van der Waals surface area (Å²) in [6, 6.07) is 4.28. The van der Waals surface area contributed by atoms with Crippen molar-refractivity contribution in [2.75, 3.05) is 7.05 Å². The second-order valence-corrected chi connectivity index (χ2v) is 5.88. The van der Waals surface area contributed by atoms with Crippen molar-refractivity contribution in [3.8, 4) is 0 Å². The average molecular weight is 361 g/mol. The molecule has 0 saturated carbocycles. The third-order valence-corrected chi connectivity index (χ3v) is 3.25. The molecule has 0 radical (unpaired) electrons. The highest BCUT2D eigenvalue weighted by Crippen LogP contribution is 2.31. The molecule has 0 amide bonds. The predicted octanol–water partition coefficient (Wildman–Crippen LogP) is 6.52. The molecule has 1 rings (SSSR count). The molecular weight excluding hydrogens is 316 g/mol. The lowest BCUT2D eigenvalue weighted by molar-refractivity contribution is 0.304. The van der Waals surface area contributed by atoms with E-state index >= 15 is 0 Å². The maximum Gasteiger partial charge on any atom is 0.0372 e. The van der Waals surface area contributed by atoms with Crippen LogP contribution in [-0.2, 0) is 5.41 Å². The maximum absolute atomic E-state index is 6.69. The van der Waals surface area contributed by atoms with Crippen LogP contribution in [0.2, 0.25) is 0 Å². The Morgan fingerprint density at radius 1 is 0.958 bits per heavy atom. The summed E-state index contributed by atoms with van der Waals surface area (Å²) in [6.07, 6.45) is 3.09. The Bertz CT molecular complexity index is 349. The molecule has 0 aliphatic carbocycles. The summed E-state index contributed by atoms with van der Waals surface area (Å²) in [5.74, 6) is 0. The van der Waals surface area contributed by atoms with E-state index in [2.05, 4.69) is 63.0 Å². The van der Waals surface area contributed by atoms with Crippen molar-refractivity contribution >= 4 is 12.9 Å². The second-order valence-electron chi connectivity index (χ2n) is 5.88. The van der Waals surface area contributed by atoms with Gasteiger partial charge in [-0.1, -0.05) is 61.5 Å². The van der Waals surface area contributed by atoms with Crippen molar-refractivity contribution in [3.63, 3.8) is 0 Å². The number of hydrogen-bond donors (Lipinski definition) is 3. The number of rotatable bonds is 4. The van der Waals surface area contributed by atoms with Crippen LogP contribution in [0.1, 0.15) is 86.9 Å². The number of aromatic nitrogens is 1. The quantitative estimate of drug-likeness (QED) is 0.423. The van der Waals surface area contributed by atoms with Crippen molar-refractivity contribution in [1.29, 1.82) is 0 Å². The number of nitrogens with one attached hydrogen (secondary N) is 1. The van der Waals surface area contributed by atoms with Crippen molar-refractivity contribution in [2.24, 2.45) is 0 Å². The van der Waals surface area contributed by atoms with E-state index < -0.39 is 0 Å². The van der Waals surface area contributed by atoms with Gasteiger partial charge in [-0.05, 0) is 64.2 Å². The predicted molar refractivity (Wildman–Crippen MR) is 115 cm³/mol. The minimum absolute atomic E-state index is 0.146.